The van der Waals surface area contributed by atoms with Gasteiger partial charge >= 0.3 is 0 Å². The minimum atomic E-state index is 0.0657. The maximum atomic E-state index is 12.6. The number of rotatable bonds is 6. The van der Waals surface area contributed by atoms with Crippen LogP contribution in [0.4, 0.5) is 0 Å². The van der Waals surface area contributed by atoms with Crippen molar-refractivity contribution in [3.05, 3.63) is 35.4 Å². The van der Waals surface area contributed by atoms with E-state index in [0.29, 0.717) is 24.3 Å². The summed E-state index contributed by atoms with van der Waals surface area (Å²) in [6.45, 7) is 7.47. The molecule has 1 unspecified atom stereocenters. The molecule has 1 fully saturated rings. The summed E-state index contributed by atoms with van der Waals surface area (Å²) >= 11 is 0. The largest absolute Gasteiger partial charge is 0.392 e. The van der Waals surface area contributed by atoms with Gasteiger partial charge in [-0.3, -0.25) is 4.79 Å². The lowest BCUT2D eigenvalue weighted by Crippen LogP contribution is -2.40. The molecule has 1 aromatic rings. The fourth-order valence-electron chi connectivity index (χ4n) is 3.85. The molecule has 1 aromatic carbocycles. The first-order chi connectivity index (χ1) is 11.0. The first kappa shape index (κ1) is 18.0. The van der Waals surface area contributed by atoms with Gasteiger partial charge in [-0.1, -0.05) is 51.5 Å². The van der Waals surface area contributed by atoms with Crippen LogP contribution in [0.5, 0.6) is 0 Å². The molecule has 2 rings (SSSR count). The second-order valence-electron chi connectivity index (χ2n) is 7.45. The first-order valence-corrected chi connectivity index (χ1v) is 8.97. The Morgan fingerprint density at radius 2 is 2.04 bits per heavy atom. The van der Waals surface area contributed by atoms with E-state index in [1.807, 2.05) is 24.3 Å². The van der Waals surface area contributed by atoms with Crippen LogP contribution in [0.3, 0.4) is 0 Å². The monoisotopic (exact) mass is 317 g/mol. The Morgan fingerprint density at radius 1 is 1.30 bits per heavy atom. The van der Waals surface area contributed by atoms with Crippen LogP contribution in [0.15, 0.2) is 24.3 Å². The molecule has 1 amide bonds. The van der Waals surface area contributed by atoms with Crippen molar-refractivity contribution in [2.75, 3.05) is 6.54 Å². The van der Waals surface area contributed by atoms with E-state index in [4.69, 9.17) is 0 Å². The number of aliphatic hydroxyl groups is 1. The van der Waals surface area contributed by atoms with Crippen LogP contribution in [-0.4, -0.2) is 17.6 Å². The van der Waals surface area contributed by atoms with Crippen molar-refractivity contribution in [1.82, 2.24) is 5.32 Å². The maximum absolute atomic E-state index is 12.6. The average Bonchev–Trinajstić information content (AvgIpc) is 2.54. The van der Waals surface area contributed by atoms with Gasteiger partial charge in [0.05, 0.1) is 6.61 Å². The summed E-state index contributed by atoms with van der Waals surface area (Å²) in [5, 5.41) is 12.3. The molecule has 0 aromatic heterocycles. The number of benzene rings is 1. The molecule has 3 nitrogen and oxygen atoms in total. The Morgan fingerprint density at radius 3 is 2.74 bits per heavy atom. The molecule has 0 saturated heterocycles. The van der Waals surface area contributed by atoms with Crippen molar-refractivity contribution in [2.24, 2.45) is 23.7 Å². The standard InChI is InChI=1S/C20H31NO2/c1-14(2)18-8-7-15(3)11-19(18)20(23)21-10-9-16-5-4-6-17(12-16)13-22/h4-6,12,14-15,18-19,22H,7-11,13H2,1-3H3,(H,21,23)/t15?,18-,19+/m0/s1. The molecule has 0 radical (unpaired) electrons. The van der Waals surface area contributed by atoms with Gasteiger partial charge in [0.15, 0.2) is 0 Å². The summed E-state index contributed by atoms with van der Waals surface area (Å²) in [7, 11) is 0. The van der Waals surface area contributed by atoms with Crippen LogP contribution < -0.4 is 5.32 Å². The zero-order valence-electron chi connectivity index (χ0n) is 14.7. The molecule has 0 aliphatic heterocycles. The zero-order valence-corrected chi connectivity index (χ0v) is 14.7. The summed E-state index contributed by atoms with van der Waals surface area (Å²) in [6.07, 6.45) is 4.26. The fourth-order valence-corrected chi connectivity index (χ4v) is 3.85. The van der Waals surface area contributed by atoms with Crippen LogP contribution >= 0.6 is 0 Å². The molecule has 23 heavy (non-hydrogen) atoms. The molecule has 0 bridgehead atoms. The Bertz CT molecular complexity index is 512. The highest BCUT2D eigenvalue weighted by molar-refractivity contribution is 5.79. The van der Waals surface area contributed by atoms with E-state index in [1.165, 1.54) is 12.8 Å². The van der Waals surface area contributed by atoms with E-state index >= 15 is 0 Å². The van der Waals surface area contributed by atoms with Gasteiger partial charge in [-0.15, -0.1) is 0 Å². The van der Waals surface area contributed by atoms with Crippen LogP contribution in [0, 0.1) is 23.7 Å². The van der Waals surface area contributed by atoms with Crippen LogP contribution in [-0.2, 0) is 17.8 Å². The first-order valence-electron chi connectivity index (χ1n) is 8.97. The van der Waals surface area contributed by atoms with Crippen molar-refractivity contribution in [1.29, 1.82) is 0 Å². The molecule has 1 aliphatic carbocycles. The van der Waals surface area contributed by atoms with Gasteiger partial charge in [-0.25, -0.2) is 0 Å². The smallest absolute Gasteiger partial charge is 0.223 e. The summed E-state index contributed by atoms with van der Waals surface area (Å²) in [6, 6.07) is 7.93. The minimum Gasteiger partial charge on any atom is -0.392 e. The van der Waals surface area contributed by atoms with Crippen molar-refractivity contribution in [3.63, 3.8) is 0 Å². The molecular formula is C20H31NO2. The van der Waals surface area contributed by atoms with Gasteiger partial charge in [-0.2, -0.15) is 0 Å². The van der Waals surface area contributed by atoms with E-state index in [1.54, 1.807) is 0 Å². The Labute approximate surface area is 140 Å². The molecule has 0 spiro atoms. The third-order valence-electron chi connectivity index (χ3n) is 5.25. The van der Waals surface area contributed by atoms with Gasteiger partial charge < -0.3 is 10.4 Å². The number of hydrogen-bond donors (Lipinski definition) is 2. The molecule has 0 heterocycles. The molecular weight excluding hydrogens is 286 g/mol. The molecule has 2 N–H and O–H groups in total. The quantitative estimate of drug-likeness (QED) is 0.843. The predicted octanol–water partition coefficient (Wildman–Crippen LogP) is 3.55. The van der Waals surface area contributed by atoms with Gasteiger partial charge in [-0.05, 0) is 48.1 Å². The van der Waals surface area contributed by atoms with Gasteiger partial charge in [0, 0.05) is 12.5 Å². The molecule has 3 atom stereocenters. The lowest BCUT2D eigenvalue weighted by molar-refractivity contribution is -0.129. The Hall–Kier alpha value is -1.35. The highest BCUT2D eigenvalue weighted by Gasteiger charge is 2.35. The van der Waals surface area contributed by atoms with Crippen LogP contribution in [0.1, 0.15) is 51.2 Å². The zero-order chi connectivity index (χ0) is 16.8. The minimum absolute atomic E-state index is 0.0657. The van der Waals surface area contributed by atoms with E-state index in [2.05, 4.69) is 26.1 Å². The lowest BCUT2D eigenvalue weighted by atomic mass is 9.70. The second kappa shape index (κ2) is 8.49. The number of aliphatic hydroxyl groups excluding tert-OH is 1. The normalized spacial score (nSPS) is 24.7. The van der Waals surface area contributed by atoms with E-state index < -0.39 is 0 Å². The molecule has 1 saturated carbocycles. The topological polar surface area (TPSA) is 49.3 Å². The number of hydrogen-bond acceptors (Lipinski definition) is 2. The number of carbonyl (C=O) groups is 1. The molecule has 128 valence electrons. The number of carbonyl (C=O) groups excluding carboxylic acids is 1. The highest BCUT2D eigenvalue weighted by atomic mass is 16.3. The summed E-state index contributed by atoms with van der Waals surface area (Å²) in [5.74, 6) is 2.14. The second-order valence-corrected chi connectivity index (χ2v) is 7.45. The predicted molar refractivity (Wildman–Crippen MR) is 93.9 cm³/mol. The third-order valence-corrected chi connectivity index (χ3v) is 5.25. The summed E-state index contributed by atoms with van der Waals surface area (Å²) < 4.78 is 0. The van der Waals surface area contributed by atoms with Crippen LogP contribution in [0.2, 0.25) is 0 Å². The number of nitrogens with one attached hydrogen (secondary N) is 1. The van der Waals surface area contributed by atoms with Crippen molar-refractivity contribution < 1.29 is 9.90 Å². The summed E-state index contributed by atoms with van der Waals surface area (Å²) in [4.78, 5) is 12.6. The van der Waals surface area contributed by atoms with Crippen molar-refractivity contribution in [2.45, 2.75) is 53.1 Å². The van der Waals surface area contributed by atoms with Crippen molar-refractivity contribution >= 4 is 5.91 Å². The van der Waals surface area contributed by atoms with E-state index in [0.717, 1.165) is 24.0 Å². The van der Waals surface area contributed by atoms with Gasteiger partial charge in [0.25, 0.3) is 0 Å². The van der Waals surface area contributed by atoms with Gasteiger partial charge in [0.2, 0.25) is 5.91 Å². The SMILES string of the molecule is CC1CC[C@@H](C(C)C)[C@H](C(=O)NCCc2cccc(CO)c2)C1. The summed E-state index contributed by atoms with van der Waals surface area (Å²) in [5.41, 5.74) is 2.09. The average molecular weight is 317 g/mol. The maximum Gasteiger partial charge on any atom is 0.223 e. The Kier molecular flexibility index (Phi) is 6.64. The fraction of sp³-hybridized carbons (Fsp3) is 0.650. The van der Waals surface area contributed by atoms with Crippen molar-refractivity contribution in [3.8, 4) is 0 Å². The third kappa shape index (κ3) is 5.07. The van der Waals surface area contributed by atoms with E-state index in [-0.39, 0.29) is 18.4 Å². The lowest BCUT2D eigenvalue weighted by Gasteiger charge is -2.36. The number of amides is 1. The molecule has 3 heteroatoms. The van der Waals surface area contributed by atoms with Gasteiger partial charge in [0.1, 0.15) is 0 Å². The van der Waals surface area contributed by atoms with Crippen LogP contribution in [0.25, 0.3) is 0 Å². The van der Waals surface area contributed by atoms with E-state index in [9.17, 15) is 9.90 Å². The highest BCUT2D eigenvalue weighted by Crippen LogP contribution is 2.38. The molecule has 1 aliphatic rings. The Balaban J connectivity index is 1.87.